The Morgan fingerprint density at radius 2 is 2.17 bits per heavy atom. The van der Waals surface area contributed by atoms with Crippen molar-refractivity contribution in [3.63, 3.8) is 0 Å². The molecule has 1 aliphatic carbocycles. The molecule has 29 heavy (non-hydrogen) atoms. The second-order valence-electron chi connectivity index (χ2n) is 7.47. The van der Waals surface area contributed by atoms with E-state index >= 15 is 0 Å². The minimum atomic E-state index is -0.175. The van der Waals surface area contributed by atoms with Gasteiger partial charge < -0.3 is 19.9 Å². The molecule has 2 atom stereocenters. The Labute approximate surface area is 173 Å². The zero-order valence-corrected chi connectivity index (χ0v) is 17.2. The average Bonchev–Trinajstić information content (AvgIpc) is 3.15. The molecule has 0 spiro atoms. The molecule has 3 amide bonds. The van der Waals surface area contributed by atoms with Gasteiger partial charge in [0.2, 0.25) is 0 Å². The third-order valence-electron chi connectivity index (χ3n) is 5.48. The maximum Gasteiger partial charge on any atom is 0.317 e. The van der Waals surface area contributed by atoms with E-state index in [0.29, 0.717) is 44.2 Å². The Morgan fingerprint density at radius 1 is 1.34 bits per heavy atom. The van der Waals surface area contributed by atoms with Crippen LogP contribution >= 0.6 is 11.3 Å². The van der Waals surface area contributed by atoms with Crippen LogP contribution in [0.15, 0.2) is 30.3 Å². The van der Waals surface area contributed by atoms with Crippen molar-refractivity contribution in [1.29, 1.82) is 0 Å². The second kappa shape index (κ2) is 8.41. The van der Waals surface area contributed by atoms with Crippen LogP contribution in [0.4, 0.5) is 4.79 Å². The number of hydrogen-bond acceptors (Lipinski definition) is 5. The van der Waals surface area contributed by atoms with Crippen LogP contribution in [0.3, 0.4) is 0 Å². The van der Waals surface area contributed by atoms with Crippen LogP contribution < -0.4 is 5.32 Å². The third-order valence-corrected chi connectivity index (χ3v) is 6.58. The summed E-state index contributed by atoms with van der Waals surface area (Å²) in [6.45, 7) is 4.90. The van der Waals surface area contributed by atoms with Gasteiger partial charge in [0.05, 0.1) is 17.4 Å². The summed E-state index contributed by atoms with van der Waals surface area (Å²) in [6.07, 6.45) is 0.749. The van der Waals surface area contributed by atoms with E-state index in [1.165, 1.54) is 11.3 Å². The largest absolute Gasteiger partial charge is 0.466 e. The molecule has 0 radical (unpaired) electrons. The highest BCUT2D eigenvalue weighted by Crippen LogP contribution is 2.40. The minimum Gasteiger partial charge on any atom is -0.466 e. The fourth-order valence-corrected chi connectivity index (χ4v) is 4.79. The zero-order chi connectivity index (χ0) is 20.4. The molecule has 2 fully saturated rings. The van der Waals surface area contributed by atoms with E-state index in [2.05, 4.69) is 5.32 Å². The number of thiophene rings is 1. The van der Waals surface area contributed by atoms with E-state index in [4.69, 9.17) is 4.74 Å². The molecule has 1 aromatic heterocycles. The van der Waals surface area contributed by atoms with Gasteiger partial charge in [0, 0.05) is 37.4 Å². The number of urea groups is 1. The summed E-state index contributed by atoms with van der Waals surface area (Å²) in [7, 11) is 0. The summed E-state index contributed by atoms with van der Waals surface area (Å²) in [5, 5.41) is 3.84. The van der Waals surface area contributed by atoms with E-state index in [0.717, 1.165) is 16.5 Å². The summed E-state index contributed by atoms with van der Waals surface area (Å²) < 4.78 is 6.19. The molecule has 1 aliphatic heterocycles. The molecular formula is C21H25N3O4S. The van der Waals surface area contributed by atoms with Gasteiger partial charge in [0.15, 0.2) is 0 Å². The number of fused-ring (bicyclic) bond motifs is 1. The highest BCUT2D eigenvalue weighted by molar-refractivity contribution is 7.20. The second-order valence-corrected chi connectivity index (χ2v) is 8.56. The number of ether oxygens (including phenoxy) is 1. The molecule has 0 bridgehead atoms. The Morgan fingerprint density at radius 3 is 2.90 bits per heavy atom. The number of nitrogens with one attached hydrogen (secondary N) is 1. The molecule has 1 N–H and O–H groups in total. The number of hydrogen-bond donors (Lipinski definition) is 1. The number of carbonyl (C=O) groups excluding carboxylic acids is 3. The maximum atomic E-state index is 13.3. The van der Waals surface area contributed by atoms with Gasteiger partial charge in [-0.3, -0.25) is 9.59 Å². The molecule has 8 heteroatoms. The first-order valence-electron chi connectivity index (χ1n) is 10.0. The molecule has 0 unspecified atom stereocenters. The molecule has 1 saturated carbocycles. The Hall–Kier alpha value is -2.61. The van der Waals surface area contributed by atoms with E-state index in [1.54, 1.807) is 16.7 Å². The summed E-state index contributed by atoms with van der Waals surface area (Å²) in [4.78, 5) is 41.3. The lowest BCUT2D eigenvalue weighted by molar-refractivity contribution is -0.145. The van der Waals surface area contributed by atoms with Gasteiger partial charge in [0.1, 0.15) is 0 Å². The SMILES string of the molecule is CCOC(=O)[C@@H]1C[C@H]1CN(CCN1CCNC1=O)C(=O)c1cc2ccccc2s1. The number of nitrogens with zero attached hydrogens (tertiary/aromatic N) is 2. The van der Waals surface area contributed by atoms with Crippen molar-refractivity contribution in [2.24, 2.45) is 11.8 Å². The topological polar surface area (TPSA) is 79.0 Å². The van der Waals surface area contributed by atoms with Crippen LogP contribution in [0.1, 0.15) is 23.0 Å². The third kappa shape index (κ3) is 4.37. The number of esters is 1. The lowest BCUT2D eigenvalue weighted by atomic mass is 10.2. The molecule has 2 aliphatic rings. The predicted molar refractivity (Wildman–Crippen MR) is 111 cm³/mol. The van der Waals surface area contributed by atoms with E-state index in [1.807, 2.05) is 30.3 Å². The fraction of sp³-hybridized carbons (Fsp3) is 0.476. The van der Waals surface area contributed by atoms with Gasteiger partial charge >= 0.3 is 12.0 Å². The lowest BCUT2D eigenvalue weighted by Gasteiger charge is -2.25. The predicted octanol–water partition coefficient (Wildman–Crippen LogP) is 2.57. The van der Waals surface area contributed by atoms with Crippen molar-refractivity contribution in [2.75, 3.05) is 39.3 Å². The molecule has 154 valence electrons. The summed E-state index contributed by atoms with van der Waals surface area (Å²) in [5.74, 6) is -0.214. The quantitative estimate of drug-likeness (QED) is 0.672. The summed E-state index contributed by atoms with van der Waals surface area (Å²) in [5.41, 5.74) is 0. The molecule has 2 aromatic rings. The van der Waals surface area contributed by atoms with Crippen LogP contribution in [0.2, 0.25) is 0 Å². The molecular weight excluding hydrogens is 390 g/mol. The Kier molecular flexibility index (Phi) is 5.71. The van der Waals surface area contributed by atoms with Crippen LogP contribution in [-0.4, -0.2) is 67.0 Å². The first kappa shape index (κ1) is 19.7. The van der Waals surface area contributed by atoms with E-state index < -0.39 is 0 Å². The molecule has 1 saturated heterocycles. The van der Waals surface area contributed by atoms with Gasteiger partial charge in [-0.1, -0.05) is 18.2 Å². The van der Waals surface area contributed by atoms with Crippen LogP contribution in [0.25, 0.3) is 10.1 Å². The van der Waals surface area contributed by atoms with E-state index in [-0.39, 0.29) is 29.7 Å². The maximum absolute atomic E-state index is 13.3. The van der Waals surface area contributed by atoms with Crippen molar-refractivity contribution in [2.45, 2.75) is 13.3 Å². The number of carbonyl (C=O) groups is 3. The smallest absolute Gasteiger partial charge is 0.317 e. The highest BCUT2D eigenvalue weighted by Gasteiger charge is 2.45. The Balaban J connectivity index is 1.47. The monoisotopic (exact) mass is 415 g/mol. The van der Waals surface area contributed by atoms with Gasteiger partial charge in [-0.2, -0.15) is 0 Å². The molecule has 1 aromatic carbocycles. The van der Waals surface area contributed by atoms with Crippen LogP contribution in [-0.2, 0) is 9.53 Å². The number of rotatable bonds is 8. The first-order chi connectivity index (χ1) is 14.1. The van der Waals surface area contributed by atoms with Gasteiger partial charge in [-0.25, -0.2) is 4.79 Å². The fourth-order valence-electron chi connectivity index (χ4n) is 3.76. The summed E-state index contributed by atoms with van der Waals surface area (Å²) >= 11 is 1.48. The van der Waals surface area contributed by atoms with E-state index in [9.17, 15) is 14.4 Å². The zero-order valence-electron chi connectivity index (χ0n) is 16.4. The molecule has 2 heterocycles. The van der Waals surface area contributed by atoms with Crippen LogP contribution in [0, 0.1) is 11.8 Å². The van der Waals surface area contributed by atoms with Crippen molar-refractivity contribution >= 4 is 39.3 Å². The van der Waals surface area contributed by atoms with Gasteiger partial charge in [-0.05, 0) is 36.8 Å². The molecule has 7 nitrogen and oxygen atoms in total. The standard InChI is InChI=1S/C21H25N3O4S/c1-2-28-20(26)16-11-15(16)13-24(10-9-23-8-7-22-21(23)27)19(25)18-12-14-5-3-4-6-17(14)29-18/h3-6,12,15-16H,2,7-11,13H2,1H3,(H,22,27)/t15-,16+/m0/s1. The Bertz CT molecular complexity index is 895. The van der Waals surface area contributed by atoms with Gasteiger partial charge in [-0.15, -0.1) is 11.3 Å². The molecule has 4 rings (SSSR count). The average molecular weight is 416 g/mol. The normalized spacial score (nSPS) is 20.6. The number of amides is 3. The van der Waals surface area contributed by atoms with Crippen molar-refractivity contribution in [3.8, 4) is 0 Å². The lowest BCUT2D eigenvalue weighted by Crippen LogP contribution is -2.41. The van der Waals surface area contributed by atoms with Crippen molar-refractivity contribution < 1.29 is 19.1 Å². The number of benzene rings is 1. The first-order valence-corrected chi connectivity index (χ1v) is 10.9. The summed E-state index contributed by atoms with van der Waals surface area (Å²) in [6, 6.07) is 9.77. The minimum absolute atomic E-state index is 0.0414. The van der Waals surface area contributed by atoms with Crippen molar-refractivity contribution in [3.05, 3.63) is 35.2 Å². The van der Waals surface area contributed by atoms with Crippen LogP contribution in [0.5, 0.6) is 0 Å². The highest BCUT2D eigenvalue weighted by atomic mass is 32.1. The van der Waals surface area contributed by atoms with Crippen molar-refractivity contribution in [1.82, 2.24) is 15.1 Å². The van der Waals surface area contributed by atoms with Gasteiger partial charge in [0.25, 0.3) is 5.91 Å².